The maximum atomic E-state index is 12.2. The summed E-state index contributed by atoms with van der Waals surface area (Å²) in [7, 11) is -4.61. The molecule has 1 aliphatic heterocycles. The molecule has 1 aliphatic rings. The lowest BCUT2D eigenvalue weighted by molar-refractivity contribution is -0.142. The Morgan fingerprint density at radius 3 is 1.54 bits per heavy atom. The summed E-state index contributed by atoms with van der Waals surface area (Å²) >= 11 is 0. The Bertz CT molecular complexity index is 1060. The van der Waals surface area contributed by atoms with Crippen LogP contribution in [-0.4, -0.2) is 85.3 Å². The van der Waals surface area contributed by atoms with Crippen LogP contribution in [0.1, 0.15) is 122 Å². The minimum Gasteiger partial charge on any atom is -0.481 e. The van der Waals surface area contributed by atoms with Crippen molar-refractivity contribution in [2.75, 3.05) is 13.1 Å². The third-order valence-corrected chi connectivity index (χ3v) is 9.19. The number of carboxylic acid groups (broad SMARTS) is 2. The molecule has 0 spiro atoms. The molecule has 15 heteroatoms. The number of aliphatic carboxylic acids is 2. The Kier molecular flexibility index (Phi) is 20.7. The zero-order chi connectivity index (χ0) is 34.4. The average molecular weight is 674 g/mol. The monoisotopic (exact) mass is 673 g/mol. The lowest BCUT2D eigenvalue weighted by Crippen LogP contribution is -2.48. The minimum absolute atomic E-state index is 0.00865. The molecule has 0 aromatic carbocycles. The van der Waals surface area contributed by atoms with E-state index in [9.17, 15) is 38.4 Å². The Morgan fingerprint density at radius 1 is 0.652 bits per heavy atom. The van der Waals surface area contributed by atoms with Crippen molar-refractivity contribution in [1.82, 2.24) is 15.5 Å². The second kappa shape index (κ2) is 23.3. The van der Waals surface area contributed by atoms with Crippen LogP contribution >= 0.6 is 7.60 Å². The van der Waals surface area contributed by atoms with E-state index in [1.165, 1.54) is 12.2 Å². The van der Waals surface area contributed by atoms with Crippen molar-refractivity contribution in [3.8, 4) is 0 Å². The van der Waals surface area contributed by atoms with Crippen molar-refractivity contribution in [3.05, 3.63) is 12.2 Å². The summed E-state index contributed by atoms with van der Waals surface area (Å²) < 4.78 is 11.2. The van der Waals surface area contributed by atoms with Gasteiger partial charge < -0.3 is 30.6 Å². The van der Waals surface area contributed by atoms with Gasteiger partial charge >= 0.3 is 19.5 Å². The molecule has 0 aromatic heterocycles. The van der Waals surface area contributed by atoms with Crippen LogP contribution in [0.15, 0.2) is 12.2 Å². The first-order valence-electron chi connectivity index (χ1n) is 16.4. The number of hydrogen-bond donors (Lipinski definition) is 6. The van der Waals surface area contributed by atoms with Crippen LogP contribution < -0.4 is 10.6 Å². The first-order chi connectivity index (χ1) is 21.8. The zero-order valence-corrected chi connectivity index (χ0v) is 27.6. The second-order valence-corrected chi connectivity index (χ2v) is 13.6. The fraction of sp³-hybridized carbons (Fsp3) is 0.742. The maximum absolute atomic E-state index is 12.2. The summed E-state index contributed by atoms with van der Waals surface area (Å²) in [5.74, 6) is -4.05. The van der Waals surface area contributed by atoms with E-state index in [-0.39, 0.29) is 49.4 Å². The fourth-order valence-electron chi connectivity index (χ4n) is 5.16. The molecular formula is C31H52N3O11P. The molecular weight excluding hydrogens is 621 g/mol. The lowest BCUT2D eigenvalue weighted by Gasteiger charge is -2.15. The van der Waals surface area contributed by atoms with Gasteiger partial charge in [0.1, 0.15) is 6.04 Å². The predicted molar refractivity (Wildman–Crippen MR) is 170 cm³/mol. The van der Waals surface area contributed by atoms with Gasteiger partial charge in [-0.25, -0.2) is 4.79 Å². The number of amides is 4. The highest BCUT2D eigenvalue weighted by Crippen LogP contribution is 2.43. The lowest BCUT2D eigenvalue weighted by atomic mass is 10.0. The molecule has 4 amide bonds. The van der Waals surface area contributed by atoms with Crippen LogP contribution in [0.4, 0.5) is 0 Å². The van der Waals surface area contributed by atoms with E-state index < -0.39 is 31.2 Å². The average Bonchev–Trinajstić information content (AvgIpc) is 3.30. The first-order valence-corrected chi connectivity index (χ1v) is 18.1. The van der Waals surface area contributed by atoms with Crippen LogP contribution in [-0.2, 0) is 33.3 Å². The third-order valence-electron chi connectivity index (χ3n) is 7.90. The van der Waals surface area contributed by atoms with Crippen LogP contribution in [0.2, 0.25) is 0 Å². The van der Waals surface area contributed by atoms with E-state index in [0.29, 0.717) is 38.6 Å². The highest BCUT2D eigenvalue weighted by atomic mass is 31.2. The normalized spacial score (nSPS) is 14.3. The van der Waals surface area contributed by atoms with E-state index >= 15 is 0 Å². The van der Waals surface area contributed by atoms with Gasteiger partial charge in [-0.05, 0) is 25.7 Å². The summed E-state index contributed by atoms with van der Waals surface area (Å²) in [6.45, 7) is 0.0773. The number of hydrogen-bond acceptors (Lipinski definition) is 7. The molecule has 262 valence electrons. The van der Waals surface area contributed by atoms with Crippen molar-refractivity contribution < 1.29 is 53.3 Å². The van der Waals surface area contributed by atoms with E-state index in [1.54, 1.807) is 0 Å². The Hall–Kier alpha value is -3.09. The molecule has 0 fully saturated rings. The predicted octanol–water partition coefficient (Wildman–Crippen LogP) is 3.64. The molecule has 46 heavy (non-hydrogen) atoms. The van der Waals surface area contributed by atoms with Gasteiger partial charge in [0.15, 0.2) is 5.66 Å². The van der Waals surface area contributed by atoms with E-state index in [4.69, 9.17) is 14.9 Å². The summed E-state index contributed by atoms with van der Waals surface area (Å²) in [5, 5.41) is 23.3. The standard InChI is InChI=1S/C31H52N3O11P/c35-26(18-15-12-16-22-34-28(37)20-21-29(34)38)32-23-24(30(39)40)33-27(36)19-14-11-9-7-5-3-1-2-4-6-8-10-13-17-25(31(41)42)46(43,44)45/h20-21,24-25H,1-19,22-23H2,(H,32,35)(H,33,36)(H,39,40)(H,41,42)(H2,43,44,45). The van der Waals surface area contributed by atoms with Crippen LogP contribution in [0.25, 0.3) is 0 Å². The maximum Gasteiger partial charge on any atom is 0.339 e. The summed E-state index contributed by atoms with van der Waals surface area (Å²) in [5.41, 5.74) is -1.61. The molecule has 0 radical (unpaired) electrons. The third kappa shape index (κ3) is 18.8. The topological polar surface area (TPSA) is 228 Å². The van der Waals surface area contributed by atoms with Crippen molar-refractivity contribution in [2.24, 2.45) is 0 Å². The zero-order valence-electron chi connectivity index (χ0n) is 26.7. The van der Waals surface area contributed by atoms with Crippen LogP contribution in [0.3, 0.4) is 0 Å². The van der Waals surface area contributed by atoms with Crippen LogP contribution in [0.5, 0.6) is 0 Å². The molecule has 2 unspecified atom stereocenters. The quantitative estimate of drug-likeness (QED) is 0.0399. The molecule has 14 nitrogen and oxygen atoms in total. The van der Waals surface area contributed by atoms with Gasteiger partial charge in [-0.2, -0.15) is 0 Å². The second-order valence-electron chi connectivity index (χ2n) is 11.8. The highest BCUT2D eigenvalue weighted by Gasteiger charge is 2.34. The molecule has 2 atom stereocenters. The fourth-order valence-corrected chi connectivity index (χ4v) is 5.96. The number of carboxylic acids is 2. The highest BCUT2D eigenvalue weighted by molar-refractivity contribution is 7.53. The number of carbonyl (C=O) groups excluding carboxylic acids is 4. The van der Waals surface area contributed by atoms with Gasteiger partial charge in [-0.3, -0.25) is 33.4 Å². The van der Waals surface area contributed by atoms with E-state index in [2.05, 4.69) is 10.6 Å². The Morgan fingerprint density at radius 2 is 1.09 bits per heavy atom. The van der Waals surface area contributed by atoms with Crippen LogP contribution in [0, 0.1) is 0 Å². The number of nitrogens with zero attached hydrogens (tertiary/aromatic N) is 1. The molecule has 0 aliphatic carbocycles. The molecule has 0 aromatic rings. The van der Waals surface area contributed by atoms with E-state index in [1.807, 2.05) is 0 Å². The Balaban J connectivity index is 1.99. The van der Waals surface area contributed by atoms with Crippen molar-refractivity contribution >= 4 is 43.2 Å². The van der Waals surface area contributed by atoms with Gasteiger partial charge in [0.25, 0.3) is 11.8 Å². The number of carbonyl (C=O) groups is 6. The number of imide groups is 1. The van der Waals surface area contributed by atoms with Crippen molar-refractivity contribution in [2.45, 2.75) is 134 Å². The van der Waals surface area contributed by atoms with Gasteiger partial charge in [0, 0.05) is 38.1 Å². The molecule has 0 saturated carbocycles. The van der Waals surface area contributed by atoms with E-state index in [0.717, 1.165) is 75.5 Å². The number of unbranched alkanes of at least 4 members (excludes halogenated alkanes) is 14. The van der Waals surface area contributed by atoms with Gasteiger partial charge in [0.2, 0.25) is 11.8 Å². The molecule has 1 rings (SSSR count). The van der Waals surface area contributed by atoms with Gasteiger partial charge in [0.05, 0.1) is 0 Å². The van der Waals surface area contributed by atoms with Gasteiger partial charge in [-0.15, -0.1) is 0 Å². The SMILES string of the molecule is O=C(CCCCCN1C(=O)C=CC1=O)NCC(NC(=O)CCCCCCCCCCCCCCCC(C(=O)O)P(=O)(O)O)C(=O)O. The molecule has 1 heterocycles. The summed E-state index contributed by atoms with van der Waals surface area (Å²) in [6.07, 6.45) is 16.8. The smallest absolute Gasteiger partial charge is 0.339 e. The molecule has 0 bridgehead atoms. The van der Waals surface area contributed by atoms with Gasteiger partial charge in [-0.1, -0.05) is 83.5 Å². The van der Waals surface area contributed by atoms with Crippen molar-refractivity contribution in [1.29, 1.82) is 0 Å². The number of nitrogens with one attached hydrogen (secondary N) is 2. The Labute approximate surface area is 270 Å². The first kappa shape index (κ1) is 40.9. The van der Waals surface area contributed by atoms with Crippen molar-refractivity contribution in [3.63, 3.8) is 0 Å². The number of rotatable bonds is 28. The summed E-state index contributed by atoms with van der Waals surface area (Å²) in [4.78, 5) is 89.1. The largest absolute Gasteiger partial charge is 0.481 e. The molecule has 0 saturated heterocycles. The summed E-state index contributed by atoms with van der Waals surface area (Å²) in [6, 6.07) is -1.21. The minimum atomic E-state index is -4.61. The molecule has 6 N–H and O–H groups in total.